The second-order valence-corrected chi connectivity index (χ2v) is 7.78. The van der Waals surface area contributed by atoms with Crippen LogP contribution in [-0.2, 0) is 4.79 Å². The summed E-state index contributed by atoms with van der Waals surface area (Å²) in [6.45, 7) is 5.46. The lowest BCUT2D eigenvalue weighted by Crippen LogP contribution is -2.44. The topological polar surface area (TPSA) is 69.6 Å². The van der Waals surface area contributed by atoms with Crippen molar-refractivity contribution in [1.82, 2.24) is 5.32 Å². The van der Waals surface area contributed by atoms with Crippen LogP contribution in [0.4, 0.5) is 0 Å². The van der Waals surface area contributed by atoms with Gasteiger partial charge in [-0.25, -0.2) is 0 Å². The average molecular weight is 384 g/mol. The van der Waals surface area contributed by atoms with Gasteiger partial charge in [-0.05, 0) is 6.42 Å². The first-order valence-electron chi connectivity index (χ1n) is 11.4. The van der Waals surface area contributed by atoms with Gasteiger partial charge in [0, 0.05) is 6.42 Å². The molecule has 0 fully saturated rings. The molecule has 0 spiro atoms. The Morgan fingerprint density at radius 3 is 1.63 bits per heavy atom. The number of aliphatic hydroxyl groups excluding tert-OH is 2. The summed E-state index contributed by atoms with van der Waals surface area (Å²) in [5.41, 5.74) is 0. The molecule has 27 heavy (non-hydrogen) atoms. The molecule has 0 saturated heterocycles. The number of carbonyl (C=O) groups excluding carboxylic acids is 1. The Balaban J connectivity index is 3.33. The third kappa shape index (κ3) is 17.0. The first-order chi connectivity index (χ1) is 13.2. The fourth-order valence-electron chi connectivity index (χ4n) is 3.34. The highest BCUT2D eigenvalue weighted by atomic mass is 16.3. The van der Waals surface area contributed by atoms with E-state index in [9.17, 15) is 9.90 Å². The van der Waals surface area contributed by atoms with Crippen LogP contribution in [0.5, 0.6) is 0 Å². The molecule has 160 valence electrons. The lowest BCUT2D eigenvalue weighted by molar-refractivity contribution is -0.123. The Morgan fingerprint density at radius 2 is 1.26 bits per heavy atom. The zero-order valence-corrected chi connectivity index (χ0v) is 17.8. The molecule has 0 rings (SSSR count). The Morgan fingerprint density at radius 1 is 0.852 bits per heavy atom. The van der Waals surface area contributed by atoms with Crippen molar-refractivity contribution in [3.05, 3.63) is 12.7 Å². The molecule has 0 aliphatic rings. The fraction of sp³-hybridized carbons (Fsp3) is 0.870. The average Bonchev–Trinajstić information content (AvgIpc) is 2.68. The highest BCUT2D eigenvalue weighted by molar-refractivity contribution is 5.76. The first-order valence-corrected chi connectivity index (χ1v) is 11.4. The Bertz CT molecular complexity index is 347. The maximum Gasteiger partial charge on any atom is 0.220 e. The summed E-state index contributed by atoms with van der Waals surface area (Å²) in [6, 6.07) is -0.647. The summed E-state index contributed by atoms with van der Waals surface area (Å²) in [5, 5.41) is 21.4. The number of nitrogens with one attached hydrogen (secondary N) is 1. The molecule has 0 aromatic carbocycles. The number of amides is 1. The minimum Gasteiger partial charge on any atom is -0.394 e. The standard InChI is InChI=1S/C23H45NO3/c1-3-5-6-7-8-9-10-11-12-13-14-15-16-17-18-19-23(27)24-21(20-25)22(26)4-2/h4,21-22,25-26H,2-3,5-20H2,1H3,(H,24,27)/t21-,22+/m0/s1. The molecule has 0 aromatic heterocycles. The molecule has 2 atom stereocenters. The van der Waals surface area contributed by atoms with E-state index in [0.29, 0.717) is 6.42 Å². The van der Waals surface area contributed by atoms with Crippen LogP contribution < -0.4 is 5.32 Å². The van der Waals surface area contributed by atoms with Crippen molar-refractivity contribution >= 4 is 5.91 Å². The minimum atomic E-state index is -0.903. The third-order valence-corrected chi connectivity index (χ3v) is 5.20. The van der Waals surface area contributed by atoms with E-state index in [4.69, 9.17) is 5.11 Å². The molecule has 0 radical (unpaired) electrons. The maximum atomic E-state index is 11.8. The van der Waals surface area contributed by atoms with Crippen molar-refractivity contribution in [2.75, 3.05) is 6.61 Å². The maximum absolute atomic E-state index is 11.8. The van der Waals surface area contributed by atoms with Crippen molar-refractivity contribution in [3.63, 3.8) is 0 Å². The first kappa shape index (κ1) is 26.1. The molecular formula is C23H45NO3. The SMILES string of the molecule is C=C[C@@H](O)[C@H](CO)NC(=O)CCCCCCCCCCCCCCCCC. The van der Waals surface area contributed by atoms with Crippen LogP contribution in [0.3, 0.4) is 0 Å². The summed E-state index contributed by atoms with van der Waals surface area (Å²) in [4.78, 5) is 11.8. The highest BCUT2D eigenvalue weighted by Gasteiger charge is 2.17. The van der Waals surface area contributed by atoms with Gasteiger partial charge >= 0.3 is 0 Å². The van der Waals surface area contributed by atoms with E-state index in [0.717, 1.165) is 12.8 Å². The molecule has 4 nitrogen and oxygen atoms in total. The molecule has 4 heteroatoms. The van der Waals surface area contributed by atoms with Crippen molar-refractivity contribution in [1.29, 1.82) is 0 Å². The van der Waals surface area contributed by atoms with Gasteiger partial charge in [0.25, 0.3) is 0 Å². The summed E-state index contributed by atoms with van der Waals surface area (Å²) < 4.78 is 0. The molecule has 1 amide bonds. The fourth-order valence-corrected chi connectivity index (χ4v) is 3.34. The normalized spacial score (nSPS) is 13.3. The van der Waals surface area contributed by atoms with Crippen molar-refractivity contribution in [2.45, 2.75) is 122 Å². The van der Waals surface area contributed by atoms with Gasteiger partial charge in [0.15, 0.2) is 0 Å². The van der Waals surface area contributed by atoms with Gasteiger partial charge in [-0.15, -0.1) is 6.58 Å². The van der Waals surface area contributed by atoms with E-state index in [1.54, 1.807) is 0 Å². The predicted molar refractivity (Wildman–Crippen MR) is 115 cm³/mol. The number of carbonyl (C=O) groups is 1. The van der Waals surface area contributed by atoms with E-state index in [1.807, 2.05) is 0 Å². The lowest BCUT2D eigenvalue weighted by Gasteiger charge is -2.19. The van der Waals surface area contributed by atoms with E-state index in [2.05, 4.69) is 18.8 Å². The molecule has 0 aliphatic heterocycles. The van der Waals surface area contributed by atoms with Gasteiger partial charge in [0.05, 0.1) is 18.8 Å². The summed E-state index contributed by atoms with van der Waals surface area (Å²) in [6.07, 6.45) is 20.4. The Kier molecular flexibility index (Phi) is 19.2. The Hall–Kier alpha value is -0.870. The molecule has 0 aromatic rings. The molecule has 0 unspecified atom stereocenters. The van der Waals surface area contributed by atoms with E-state index in [1.165, 1.54) is 89.5 Å². The van der Waals surface area contributed by atoms with Gasteiger partial charge in [0.2, 0.25) is 5.91 Å². The summed E-state index contributed by atoms with van der Waals surface area (Å²) >= 11 is 0. The van der Waals surface area contributed by atoms with Gasteiger partial charge in [0.1, 0.15) is 0 Å². The minimum absolute atomic E-state index is 0.107. The zero-order valence-electron chi connectivity index (χ0n) is 17.8. The van der Waals surface area contributed by atoms with Crippen LogP contribution in [0.25, 0.3) is 0 Å². The van der Waals surface area contributed by atoms with E-state index >= 15 is 0 Å². The molecule has 0 heterocycles. The largest absolute Gasteiger partial charge is 0.394 e. The zero-order chi connectivity index (χ0) is 20.2. The summed E-state index contributed by atoms with van der Waals surface area (Å²) in [7, 11) is 0. The predicted octanol–water partition coefficient (Wildman–Crippen LogP) is 5.27. The number of unbranched alkanes of at least 4 members (excludes halogenated alkanes) is 14. The quantitative estimate of drug-likeness (QED) is 0.198. The summed E-state index contributed by atoms with van der Waals surface area (Å²) in [5.74, 6) is -0.107. The smallest absolute Gasteiger partial charge is 0.220 e. The van der Waals surface area contributed by atoms with Gasteiger partial charge in [-0.3, -0.25) is 4.79 Å². The highest BCUT2D eigenvalue weighted by Crippen LogP contribution is 2.13. The molecule has 0 aliphatic carbocycles. The Labute approximate surface area is 167 Å². The second kappa shape index (κ2) is 19.9. The van der Waals surface area contributed by atoms with E-state index in [-0.39, 0.29) is 12.5 Å². The molecule has 0 bridgehead atoms. The lowest BCUT2D eigenvalue weighted by atomic mass is 10.0. The van der Waals surface area contributed by atoms with Gasteiger partial charge in [-0.2, -0.15) is 0 Å². The van der Waals surface area contributed by atoms with Gasteiger partial charge in [-0.1, -0.05) is 103 Å². The number of hydrogen-bond acceptors (Lipinski definition) is 3. The van der Waals surface area contributed by atoms with Crippen LogP contribution in [0.2, 0.25) is 0 Å². The number of rotatable bonds is 20. The van der Waals surface area contributed by atoms with Crippen LogP contribution >= 0.6 is 0 Å². The van der Waals surface area contributed by atoms with Crippen molar-refractivity contribution < 1.29 is 15.0 Å². The molecular weight excluding hydrogens is 338 g/mol. The number of aliphatic hydroxyl groups is 2. The van der Waals surface area contributed by atoms with Crippen molar-refractivity contribution in [2.24, 2.45) is 0 Å². The van der Waals surface area contributed by atoms with Crippen LogP contribution in [0.15, 0.2) is 12.7 Å². The van der Waals surface area contributed by atoms with Crippen LogP contribution in [0.1, 0.15) is 110 Å². The van der Waals surface area contributed by atoms with Crippen LogP contribution in [0, 0.1) is 0 Å². The monoisotopic (exact) mass is 383 g/mol. The third-order valence-electron chi connectivity index (χ3n) is 5.20. The van der Waals surface area contributed by atoms with Crippen molar-refractivity contribution in [3.8, 4) is 0 Å². The second-order valence-electron chi connectivity index (χ2n) is 7.78. The molecule has 0 saturated carbocycles. The van der Waals surface area contributed by atoms with Crippen LogP contribution in [-0.4, -0.2) is 34.9 Å². The van der Waals surface area contributed by atoms with Gasteiger partial charge < -0.3 is 15.5 Å². The molecule has 3 N–H and O–H groups in total. The van der Waals surface area contributed by atoms with E-state index < -0.39 is 12.1 Å². The number of hydrogen-bond donors (Lipinski definition) is 3.